The number of rotatable bonds is 4. The Labute approximate surface area is 169 Å². The number of para-hydroxylation sites is 1. The van der Waals surface area contributed by atoms with Crippen LogP contribution in [-0.2, 0) is 12.8 Å². The van der Waals surface area contributed by atoms with Gasteiger partial charge in [-0.25, -0.2) is 4.98 Å². The number of fused-ring (bicyclic) bond motifs is 4. The van der Waals surface area contributed by atoms with Crippen molar-refractivity contribution < 1.29 is 9.21 Å². The molecule has 1 aliphatic carbocycles. The van der Waals surface area contributed by atoms with E-state index in [4.69, 9.17) is 4.42 Å². The van der Waals surface area contributed by atoms with Gasteiger partial charge >= 0.3 is 0 Å². The Hall–Kier alpha value is -2.38. The van der Waals surface area contributed by atoms with Crippen molar-refractivity contribution in [3.63, 3.8) is 0 Å². The lowest BCUT2D eigenvalue weighted by molar-refractivity contribution is 0.0994. The molecule has 1 aromatic carbocycles. The molecule has 0 saturated carbocycles. The zero-order chi connectivity index (χ0) is 19.3. The van der Waals surface area contributed by atoms with Gasteiger partial charge in [0.15, 0.2) is 10.9 Å². The van der Waals surface area contributed by atoms with Crippen molar-refractivity contribution in [2.75, 3.05) is 5.75 Å². The number of aromatic nitrogens is 2. The third kappa shape index (κ3) is 3.08. The summed E-state index contributed by atoms with van der Waals surface area (Å²) < 4.78 is 5.62. The number of ketones is 1. The minimum absolute atomic E-state index is 0.101. The fourth-order valence-electron chi connectivity index (χ4n) is 3.72. The standard InChI is InChI=1S/C21H18N2O3S2/c1-11-6-7-13-17(8-11)28-20-18(13)19(25)22-21(23-20)27-10-14(24)16-9-12-4-2-3-5-15(12)26-16/h2-5,9,11H,6-8,10H2,1H3,(H,22,23,25)/t11-/m1/s1. The molecule has 3 aromatic heterocycles. The van der Waals surface area contributed by atoms with Crippen LogP contribution < -0.4 is 5.56 Å². The molecule has 0 spiro atoms. The number of carbonyl (C=O) groups is 1. The van der Waals surface area contributed by atoms with Gasteiger partial charge in [0.05, 0.1) is 11.1 Å². The fraction of sp³-hybridized carbons (Fsp3) is 0.286. The van der Waals surface area contributed by atoms with Crippen LogP contribution in [0.5, 0.6) is 0 Å². The summed E-state index contributed by atoms with van der Waals surface area (Å²) in [7, 11) is 0. The van der Waals surface area contributed by atoms with Gasteiger partial charge in [0.25, 0.3) is 5.56 Å². The van der Waals surface area contributed by atoms with Crippen LogP contribution >= 0.6 is 23.1 Å². The highest BCUT2D eigenvalue weighted by Crippen LogP contribution is 2.36. The first-order chi connectivity index (χ1) is 13.6. The number of furan rings is 1. The number of thioether (sulfide) groups is 1. The molecule has 0 bridgehead atoms. The normalized spacial score (nSPS) is 16.5. The molecular weight excluding hydrogens is 392 g/mol. The van der Waals surface area contributed by atoms with Crippen LogP contribution in [0.4, 0.5) is 0 Å². The highest BCUT2D eigenvalue weighted by molar-refractivity contribution is 7.99. The largest absolute Gasteiger partial charge is 0.453 e. The van der Waals surface area contributed by atoms with Gasteiger partial charge in [-0.1, -0.05) is 36.9 Å². The van der Waals surface area contributed by atoms with Gasteiger partial charge in [-0.15, -0.1) is 11.3 Å². The summed E-state index contributed by atoms with van der Waals surface area (Å²) in [6, 6.07) is 9.29. The number of nitrogens with zero attached hydrogens (tertiary/aromatic N) is 1. The van der Waals surface area contributed by atoms with E-state index in [0.29, 0.717) is 22.4 Å². The Balaban J connectivity index is 1.39. The third-order valence-corrected chi connectivity index (χ3v) is 7.21. The molecule has 5 nitrogen and oxygen atoms in total. The Bertz CT molecular complexity index is 1230. The topological polar surface area (TPSA) is 76.0 Å². The van der Waals surface area contributed by atoms with Crippen LogP contribution in [0.1, 0.15) is 34.3 Å². The second kappa shape index (κ2) is 6.90. The Morgan fingerprint density at radius 2 is 2.25 bits per heavy atom. The van der Waals surface area contributed by atoms with Gasteiger partial charge in [0.1, 0.15) is 10.4 Å². The summed E-state index contributed by atoms with van der Waals surface area (Å²) in [5, 5.41) is 2.12. The van der Waals surface area contributed by atoms with E-state index < -0.39 is 0 Å². The van der Waals surface area contributed by atoms with Crippen LogP contribution in [-0.4, -0.2) is 21.5 Å². The lowest BCUT2D eigenvalue weighted by Gasteiger charge is -2.17. The quantitative estimate of drug-likeness (QED) is 0.296. The second-order valence-corrected chi connectivity index (χ2v) is 9.31. The molecular formula is C21H18N2O3S2. The molecule has 0 saturated heterocycles. The molecule has 1 atom stereocenters. The van der Waals surface area contributed by atoms with E-state index in [2.05, 4.69) is 16.9 Å². The molecule has 1 aliphatic rings. The number of aryl methyl sites for hydroxylation is 1. The lowest BCUT2D eigenvalue weighted by Crippen LogP contribution is -2.13. The van der Waals surface area contributed by atoms with Gasteiger partial charge in [-0.05, 0) is 42.9 Å². The summed E-state index contributed by atoms with van der Waals surface area (Å²) in [6.07, 6.45) is 3.07. The van der Waals surface area contributed by atoms with Crippen molar-refractivity contribution in [2.24, 2.45) is 5.92 Å². The van der Waals surface area contributed by atoms with Gasteiger partial charge in [-0.3, -0.25) is 9.59 Å². The molecule has 3 heterocycles. The minimum Gasteiger partial charge on any atom is -0.453 e. The van der Waals surface area contributed by atoms with Gasteiger partial charge in [0.2, 0.25) is 5.78 Å². The zero-order valence-corrected chi connectivity index (χ0v) is 16.9. The molecule has 28 heavy (non-hydrogen) atoms. The van der Waals surface area contributed by atoms with E-state index in [0.717, 1.165) is 34.9 Å². The number of benzene rings is 1. The number of Topliss-reactive ketones (excluding diaryl/α,β-unsaturated/α-hetero) is 1. The number of aromatic amines is 1. The molecule has 0 radical (unpaired) electrons. The second-order valence-electron chi connectivity index (χ2n) is 7.26. The first-order valence-corrected chi connectivity index (χ1v) is 11.1. The van der Waals surface area contributed by atoms with Crippen molar-refractivity contribution >= 4 is 50.1 Å². The Morgan fingerprint density at radius 3 is 3.11 bits per heavy atom. The fourth-order valence-corrected chi connectivity index (χ4v) is 5.89. The maximum absolute atomic E-state index is 12.6. The Morgan fingerprint density at radius 1 is 1.39 bits per heavy atom. The van der Waals surface area contributed by atoms with Crippen molar-refractivity contribution in [3.8, 4) is 0 Å². The smallest absolute Gasteiger partial charge is 0.260 e. The summed E-state index contributed by atoms with van der Waals surface area (Å²) in [4.78, 5) is 34.7. The van der Waals surface area contributed by atoms with E-state index in [1.54, 1.807) is 17.4 Å². The SMILES string of the molecule is C[C@@H]1CCc2c(sc3nc(SCC(=O)c4cc5ccccc5o4)[nH]c(=O)c23)C1. The highest BCUT2D eigenvalue weighted by atomic mass is 32.2. The van der Waals surface area contributed by atoms with Crippen LogP contribution in [0, 0.1) is 5.92 Å². The molecule has 0 unspecified atom stereocenters. The summed E-state index contributed by atoms with van der Waals surface area (Å²) in [5.41, 5.74) is 1.76. The minimum atomic E-state index is -0.122. The number of thiophene rings is 1. The highest BCUT2D eigenvalue weighted by Gasteiger charge is 2.23. The van der Waals surface area contributed by atoms with Crippen molar-refractivity contribution in [2.45, 2.75) is 31.3 Å². The number of H-pyrrole nitrogens is 1. The van der Waals surface area contributed by atoms with E-state index >= 15 is 0 Å². The predicted octanol–water partition coefficient (Wildman–Crippen LogP) is 4.83. The van der Waals surface area contributed by atoms with Crippen molar-refractivity contribution in [3.05, 3.63) is 56.9 Å². The van der Waals surface area contributed by atoms with E-state index in [1.807, 2.05) is 24.3 Å². The molecule has 0 aliphatic heterocycles. The molecule has 1 N–H and O–H groups in total. The number of nitrogens with one attached hydrogen (secondary N) is 1. The van der Waals surface area contributed by atoms with Crippen LogP contribution in [0.2, 0.25) is 0 Å². The van der Waals surface area contributed by atoms with Crippen LogP contribution in [0.25, 0.3) is 21.2 Å². The summed E-state index contributed by atoms with van der Waals surface area (Å²) in [6.45, 7) is 2.25. The van der Waals surface area contributed by atoms with Crippen molar-refractivity contribution in [1.82, 2.24) is 9.97 Å². The average Bonchev–Trinajstić information content (AvgIpc) is 3.26. The van der Waals surface area contributed by atoms with Crippen LogP contribution in [0.3, 0.4) is 0 Å². The lowest BCUT2D eigenvalue weighted by atomic mass is 9.89. The summed E-state index contributed by atoms with van der Waals surface area (Å²) in [5.74, 6) is 1.02. The number of carbonyl (C=O) groups excluding carboxylic acids is 1. The maximum atomic E-state index is 12.6. The molecule has 142 valence electrons. The van der Waals surface area contributed by atoms with Gasteiger partial charge in [0, 0.05) is 10.3 Å². The number of hydrogen-bond donors (Lipinski definition) is 1. The molecule has 7 heteroatoms. The van der Waals surface area contributed by atoms with E-state index in [-0.39, 0.29) is 17.1 Å². The maximum Gasteiger partial charge on any atom is 0.260 e. The molecule has 0 amide bonds. The zero-order valence-electron chi connectivity index (χ0n) is 15.3. The monoisotopic (exact) mass is 410 g/mol. The summed E-state index contributed by atoms with van der Waals surface area (Å²) >= 11 is 2.86. The molecule has 0 fully saturated rings. The number of hydrogen-bond acceptors (Lipinski definition) is 6. The first kappa shape index (κ1) is 17.7. The first-order valence-electron chi connectivity index (χ1n) is 9.27. The predicted molar refractivity (Wildman–Crippen MR) is 113 cm³/mol. The average molecular weight is 411 g/mol. The third-order valence-electron chi connectivity index (χ3n) is 5.18. The van der Waals surface area contributed by atoms with Gasteiger partial charge < -0.3 is 9.40 Å². The van der Waals surface area contributed by atoms with Gasteiger partial charge in [-0.2, -0.15) is 0 Å². The van der Waals surface area contributed by atoms with Crippen LogP contribution in [0.15, 0.2) is 44.7 Å². The van der Waals surface area contributed by atoms with E-state index in [1.165, 1.54) is 22.2 Å². The molecule has 5 rings (SSSR count). The van der Waals surface area contributed by atoms with E-state index in [9.17, 15) is 9.59 Å². The Kier molecular flexibility index (Phi) is 4.36. The van der Waals surface area contributed by atoms with Crippen molar-refractivity contribution in [1.29, 1.82) is 0 Å². The molecule has 4 aromatic rings.